The molecule has 4 N–H and O–H groups in total. The molecule has 154 valence electrons. The first-order valence-electron chi connectivity index (χ1n) is 8.97. The summed E-state index contributed by atoms with van der Waals surface area (Å²) in [5.41, 5.74) is 6.24. The number of hydrogen-bond donors (Lipinski definition) is 3. The number of hydrogen-bond acceptors (Lipinski definition) is 7. The molecular formula is C18H31N3O2S4. The molecule has 27 heavy (non-hydrogen) atoms. The minimum Gasteiger partial charge on any atom is -0.504 e. The summed E-state index contributed by atoms with van der Waals surface area (Å²) >= 11 is 10.7. The van der Waals surface area contributed by atoms with Crippen molar-refractivity contribution in [2.24, 2.45) is 5.73 Å². The number of nitrogens with two attached hydrogens (primary N) is 1. The minimum atomic E-state index is -0.0919. The van der Waals surface area contributed by atoms with E-state index in [0.29, 0.717) is 13.0 Å². The molecule has 0 aromatic heterocycles. The van der Waals surface area contributed by atoms with Gasteiger partial charge in [-0.1, -0.05) is 30.5 Å². The van der Waals surface area contributed by atoms with Crippen LogP contribution in [-0.2, 0) is 6.42 Å². The predicted molar refractivity (Wildman–Crippen MR) is 129 cm³/mol. The Morgan fingerprint density at radius 2 is 1.33 bits per heavy atom. The quantitative estimate of drug-likeness (QED) is 0.336. The summed E-state index contributed by atoms with van der Waals surface area (Å²) in [7, 11) is 3.18. The van der Waals surface area contributed by atoms with Gasteiger partial charge >= 0.3 is 0 Å². The van der Waals surface area contributed by atoms with Gasteiger partial charge in [0.25, 0.3) is 0 Å². The van der Waals surface area contributed by atoms with Crippen molar-refractivity contribution in [2.75, 3.05) is 32.7 Å². The fourth-order valence-electron chi connectivity index (χ4n) is 2.03. The van der Waals surface area contributed by atoms with Crippen LogP contribution >= 0.6 is 46.0 Å². The highest BCUT2D eigenvalue weighted by atomic mass is 33.1. The molecule has 0 saturated heterocycles. The second-order valence-electron chi connectivity index (χ2n) is 5.40. The van der Waals surface area contributed by atoms with Crippen molar-refractivity contribution in [1.29, 1.82) is 0 Å². The molecule has 1 aromatic rings. The summed E-state index contributed by atoms with van der Waals surface area (Å²) in [4.78, 5) is 4.33. The van der Waals surface area contributed by atoms with E-state index in [1.54, 1.807) is 27.7 Å². The molecule has 5 nitrogen and oxygen atoms in total. The van der Waals surface area contributed by atoms with Crippen molar-refractivity contribution in [3.63, 3.8) is 0 Å². The van der Waals surface area contributed by atoms with E-state index in [0.717, 1.165) is 40.4 Å². The first-order chi connectivity index (χ1) is 12.8. The molecule has 0 unspecified atom stereocenters. The molecule has 0 saturated carbocycles. The third-order valence-corrected chi connectivity index (χ3v) is 7.43. The minimum absolute atomic E-state index is 0.0871. The van der Waals surface area contributed by atoms with Gasteiger partial charge in [0.1, 0.15) is 8.64 Å². The number of aromatic hydroxyl groups is 2. The maximum absolute atomic E-state index is 9.04. The molecule has 0 heterocycles. The summed E-state index contributed by atoms with van der Waals surface area (Å²) in [6.07, 6.45) is 0.716. The number of nitrogens with zero attached hydrogens (tertiary/aromatic N) is 2. The highest BCUT2D eigenvalue weighted by Crippen LogP contribution is 2.28. The summed E-state index contributed by atoms with van der Waals surface area (Å²) in [6.45, 7) is 12.8. The van der Waals surface area contributed by atoms with Gasteiger partial charge in [0.15, 0.2) is 11.5 Å². The zero-order valence-electron chi connectivity index (χ0n) is 16.5. The first-order valence-corrected chi connectivity index (χ1v) is 11.9. The van der Waals surface area contributed by atoms with Crippen LogP contribution in [0.5, 0.6) is 11.5 Å². The zero-order valence-corrected chi connectivity index (χ0v) is 19.7. The van der Waals surface area contributed by atoms with E-state index in [2.05, 4.69) is 37.5 Å². The standard InChI is InChI=1S/C10H20N2S4.C8H11NO2/c1-5-11(6-2)9(13)15-16-10(14)12(7-3)8-4;9-4-3-6-1-2-7(10)8(11)5-6/h5-8H2,1-4H3;1-2,5,10-11H,3-4,9H2. The number of phenolic OH excluding ortho intramolecular Hbond substituents is 2. The molecule has 0 spiro atoms. The van der Waals surface area contributed by atoms with Gasteiger partial charge in [-0.3, -0.25) is 0 Å². The van der Waals surface area contributed by atoms with Gasteiger partial charge in [0, 0.05) is 26.2 Å². The fraction of sp³-hybridized carbons (Fsp3) is 0.556. The maximum Gasteiger partial charge on any atom is 0.157 e. The van der Waals surface area contributed by atoms with Gasteiger partial charge in [-0.05, 0) is 79.9 Å². The summed E-state index contributed by atoms with van der Waals surface area (Å²) in [5, 5.41) is 18.0. The van der Waals surface area contributed by atoms with Gasteiger partial charge < -0.3 is 25.7 Å². The van der Waals surface area contributed by atoms with E-state index in [4.69, 9.17) is 40.4 Å². The summed E-state index contributed by atoms with van der Waals surface area (Å²) in [6, 6.07) is 4.71. The molecular weight excluding hydrogens is 418 g/mol. The maximum atomic E-state index is 9.04. The fourth-order valence-corrected chi connectivity index (χ4v) is 5.09. The van der Waals surface area contributed by atoms with Gasteiger partial charge in [0.05, 0.1) is 0 Å². The van der Waals surface area contributed by atoms with E-state index >= 15 is 0 Å². The van der Waals surface area contributed by atoms with Crippen LogP contribution in [0.2, 0.25) is 0 Å². The van der Waals surface area contributed by atoms with Gasteiger partial charge in [-0.15, -0.1) is 0 Å². The van der Waals surface area contributed by atoms with Crippen LogP contribution in [-0.4, -0.2) is 61.4 Å². The van der Waals surface area contributed by atoms with E-state index in [1.807, 2.05) is 0 Å². The molecule has 9 heteroatoms. The average molecular weight is 450 g/mol. The molecule has 1 aromatic carbocycles. The molecule has 0 radical (unpaired) electrons. The van der Waals surface area contributed by atoms with Crippen molar-refractivity contribution >= 4 is 54.7 Å². The van der Waals surface area contributed by atoms with E-state index in [9.17, 15) is 0 Å². The van der Waals surface area contributed by atoms with E-state index in [-0.39, 0.29) is 11.5 Å². The molecule has 1 rings (SSSR count). The first kappa shape index (κ1) is 26.3. The lowest BCUT2D eigenvalue weighted by Gasteiger charge is -2.23. The van der Waals surface area contributed by atoms with Crippen molar-refractivity contribution in [3.8, 4) is 11.5 Å². The predicted octanol–water partition coefficient (Wildman–Crippen LogP) is 4.22. The average Bonchev–Trinajstić information content (AvgIpc) is 2.66. The lowest BCUT2D eigenvalue weighted by molar-refractivity contribution is 0.403. The molecule has 0 aliphatic heterocycles. The molecule has 0 bridgehead atoms. The van der Waals surface area contributed by atoms with Crippen LogP contribution in [0.25, 0.3) is 0 Å². The van der Waals surface area contributed by atoms with Crippen molar-refractivity contribution < 1.29 is 10.2 Å². The Kier molecular flexibility index (Phi) is 14.8. The number of rotatable bonds is 6. The van der Waals surface area contributed by atoms with Crippen LogP contribution < -0.4 is 5.73 Å². The number of benzene rings is 1. The number of thiocarbonyl (C=S) groups is 2. The molecule has 0 aliphatic carbocycles. The summed E-state index contributed by atoms with van der Waals surface area (Å²) in [5.74, 6) is -0.179. The molecule has 0 fully saturated rings. The summed E-state index contributed by atoms with van der Waals surface area (Å²) < 4.78 is 1.84. The second-order valence-corrected chi connectivity index (χ2v) is 8.80. The lowest BCUT2D eigenvalue weighted by atomic mass is 10.1. The smallest absolute Gasteiger partial charge is 0.157 e. The van der Waals surface area contributed by atoms with Gasteiger partial charge in [-0.25, -0.2) is 0 Å². The van der Waals surface area contributed by atoms with Crippen molar-refractivity contribution in [3.05, 3.63) is 23.8 Å². The highest BCUT2D eigenvalue weighted by Gasteiger charge is 2.11. The van der Waals surface area contributed by atoms with Crippen molar-refractivity contribution in [2.45, 2.75) is 34.1 Å². The molecule has 0 atom stereocenters. The van der Waals surface area contributed by atoms with Crippen molar-refractivity contribution in [1.82, 2.24) is 9.80 Å². The van der Waals surface area contributed by atoms with Gasteiger partial charge in [0.2, 0.25) is 0 Å². The van der Waals surface area contributed by atoms with E-state index in [1.165, 1.54) is 12.1 Å². The van der Waals surface area contributed by atoms with Gasteiger partial charge in [-0.2, -0.15) is 0 Å². The lowest BCUT2D eigenvalue weighted by Crippen LogP contribution is -2.28. The second kappa shape index (κ2) is 15.2. The van der Waals surface area contributed by atoms with Crippen LogP contribution in [0.4, 0.5) is 0 Å². The normalized spacial score (nSPS) is 9.96. The number of phenols is 2. The van der Waals surface area contributed by atoms with Crippen LogP contribution in [0.15, 0.2) is 18.2 Å². The Morgan fingerprint density at radius 3 is 1.67 bits per heavy atom. The SMILES string of the molecule is CCN(CC)C(=S)SSC(=S)N(CC)CC.NCCc1ccc(O)c(O)c1. The molecule has 0 amide bonds. The van der Waals surface area contributed by atoms with Crippen LogP contribution in [0.1, 0.15) is 33.3 Å². The van der Waals surface area contributed by atoms with Crippen LogP contribution in [0, 0.1) is 0 Å². The Hall–Kier alpha value is -0.740. The monoisotopic (exact) mass is 449 g/mol. The third kappa shape index (κ3) is 10.4. The Balaban J connectivity index is 0.000000533. The molecule has 0 aliphatic rings. The van der Waals surface area contributed by atoms with E-state index < -0.39 is 0 Å². The largest absolute Gasteiger partial charge is 0.504 e. The third-order valence-electron chi connectivity index (χ3n) is 3.70. The Bertz CT molecular complexity index is 556. The highest BCUT2D eigenvalue weighted by molar-refractivity contribution is 8.89. The Morgan fingerprint density at radius 1 is 0.889 bits per heavy atom. The van der Waals surface area contributed by atoms with Crippen LogP contribution in [0.3, 0.4) is 0 Å². The topological polar surface area (TPSA) is 73.0 Å². The Labute approximate surface area is 182 Å². The zero-order chi connectivity index (χ0) is 20.8.